The zero-order chi connectivity index (χ0) is 14.4. The second-order valence-corrected chi connectivity index (χ2v) is 6.20. The summed E-state index contributed by atoms with van der Waals surface area (Å²) in [7, 11) is 1.70. The Hall–Kier alpha value is -1.06. The van der Waals surface area contributed by atoms with Gasteiger partial charge >= 0.3 is 0 Å². The van der Waals surface area contributed by atoms with Gasteiger partial charge in [-0.25, -0.2) is 0 Å². The van der Waals surface area contributed by atoms with Crippen LogP contribution >= 0.6 is 0 Å². The highest BCUT2D eigenvalue weighted by Gasteiger charge is 2.26. The number of para-hydroxylation sites is 1. The van der Waals surface area contributed by atoms with Gasteiger partial charge in [-0.05, 0) is 42.9 Å². The standard InChI is InChI=1S/C17H27NO2/c1-17(2,10-11-18-14-8-9-14)15-6-4-5-7-16(15)20-13-12-19-3/h4-7,14,18H,8-13H2,1-3H3. The van der Waals surface area contributed by atoms with E-state index in [4.69, 9.17) is 9.47 Å². The van der Waals surface area contributed by atoms with Crippen molar-refractivity contribution in [2.75, 3.05) is 26.9 Å². The van der Waals surface area contributed by atoms with Crippen molar-refractivity contribution in [3.05, 3.63) is 29.8 Å². The van der Waals surface area contributed by atoms with Gasteiger partial charge in [-0.15, -0.1) is 0 Å². The highest BCUT2D eigenvalue weighted by Crippen LogP contribution is 2.34. The fourth-order valence-corrected chi connectivity index (χ4v) is 2.40. The van der Waals surface area contributed by atoms with E-state index >= 15 is 0 Å². The van der Waals surface area contributed by atoms with Crippen LogP contribution in [0.4, 0.5) is 0 Å². The normalized spacial score (nSPS) is 15.3. The molecule has 1 N–H and O–H groups in total. The summed E-state index contributed by atoms with van der Waals surface area (Å²) in [5, 5.41) is 3.59. The van der Waals surface area contributed by atoms with E-state index in [-0.39, 0.29) is 5.41 Å². The van der Waals surface area contributed by atoms with Gasteiger partial charge in [0.15, 0.2) is 0 Å². The zero-order valence-corrected chi connectivity index (χ0v) is 12.9. The van der Waals surface area contributed by atoms with Crippen molar-refractivity contribution in [2.45, 2.75) is 44.6 Å². The Morgan fingerprint density at radius 1 is 1.20 bits per heavy atom. The van der Waals surface area contributed by atoms with Crippen molar-refractivity contribution in [1.82, 2.24) is 5.32 Å². The van der Waals surface area contributed by atoms with E-state index in [1.165, 1.54) is 18.4 Å². The molecule has 3 heteroatoms. The van der Waals surface area contributed by atoms with E-state index in [1.54, 1.807) is 7.11 Å². The Balaban J connectivity index is 1.96. The molecule has 112 valence electrons. The first-order chi connectivity index (χ1) is 9.63. The van der Waals surface area contributed by atoms with Crippen molar-refractivity contribution in [2.24, 2.45) is 0 Å². The van der Waals surface area contributed by atoms with Gasteiger partial charge in [0.25, 0.3) is 0 Å². The summed E-state index contributed by atoms with van der Waals surface area (Å²) < 4.78 is 10.9. The van der Waals surface area contributed by atoms with E-state index in [0.29, 0.717) is 13.2 Å². The molecule has 1 aliphatic carbocycles. The van der Waals surface area contributed by atoms with Crippen LogP contribution in [0.3, 0.4) is 0 Å². The molecule has 0 saturated heterocycles. The monoisotopic (exact) mass is 277 g/mol. The molecule has 1 fully saturated rings. The molecule has 0 atom stereocenters. The molecular weight excluding hydrogens is 250 g/mol. The lowest BCUT2D eigenvalue weighted by Gasteiger charge is -2.27. The van der Waals surface area contributed by atoms with E-state index < -0.39 is 0 Å². The van der Waals surface area contributed by atoms with E-state index in [1.807, 2.05) is 6.07 Å². The number of benzene rings is 1. The van der Waals surface area contributed by atoms with Gasteiger partial charge in [0.1, 0.15) is 12.4 Å². The first kappa shape index (κ1) is 15.3. The second-order valence-electron chi connectivity index (χ2n) is 6.20. The van der Waals surface area contributed by atoms with Crippen LogP contribution in [0.5, 0.6) is 5.75 Å². The van der Waals surface area contributed by atoms with E-state index in [9.17, 15) is 0 Å². The number of hydrogen-bond acceptors (Lipinski definition) is 3. The quantitative estimate of drug-likeness (QED) is 0.703. The Labute approximate surface area is 122 Å². The van der Waals surface area contributed by atoms with Crippen LogP contribution in [0, 0.1) is 0 Å². The molecule has 2 rings (SSSR count). The molecule has 1 aromatic carbocycles. The van der Waals surface area contributed by atoms with E-state index in [2.05, 4.69) is 37.4 Å². The van der Waals surface area contributed by atoms with Crippen molar-refractivity contribution in [1.29, 1.82) is 0 Å². The zero-order valence-electron chi connectivity index (χ0n) is 12.9. The summed E-state index contributed by atoms with van der Waals surface area (Å²) in [6.45, 7) is 6.88. The third-order valence-corrected chi connectivity index (χ3v) is 3.92. The Kier molecular flexibility index (Phi) is 5.44. The molecule has 0 amide bonds. The predicted octanol–water partition coefficient (Wildman–Crippen LogP) is 3.13. The van der Waals surface area contributed by atoms with Gasteiger partial charge in [-0.3, -0.25) is 0 Å². The van der Waals surface area contributed by atoms with Crippen LogP contribution in [0.2, 0.25) is 0 Å². The highest BCUT2D eigenvalue weighted by molar-refractivity contribution is 5.38. The maximum atomic E-state index is 5.86. The van der Waals surface area contributed by atoms with E-state index in [0.717, 1.165) is 24.8 Å². The third-order valence-electron chi connectivity index (χ3n) is 3.92. The van der Waals surface area contributed by atoms with Crippen LogP contribution in [-0.4, -0.2) is 32.9 Å². The van der Waals surface area contributed by atoms with Crippen molar-refractivity contribution in [3.8, 4) is 5.75 Å². The maximum absolute atomic E-state index is 5.86. The number of hydrogen-bond donors (Lipinski definition) is 1. The van der Waals surface area contributed by atoms with Crippen LogP contribution < -0.4 is 10.1 Å². The number of ether oxygens (including phenoxy) is 2. The average molecular weight is 277 g/mol. The summed E-state index contributed by atoms with van der Waals surface area (Å²) in [6.07, 6.45) is 3.81. The molecule has 0 unspecified atom stereocenters. The minimum absolute atomic E-state index is 0.117. The molecule has 3 nitrogen and oxygen atoms in total. The molecule has 0 aromatic heterocycles. The summed E-state index contributed by atoms with van der Waals surface area (Å²) in [5.41, 5.74) is 1.40. The number of rotatable bonds is 9. The lowest BCUT2D eigenvalue weighted by atomic mass is 9.81. The SMILES string of the molecule is COCCOc1ccccc1C(C)(C)CCNC1CC1. The first-order valence-electron chi connectivity index (χ1n) is 7.58. The van der Waals surface area contributed by atoms with Gasteiger partial charge in [0, 0.05) is 13.2 Å². The van der Waals surface area contributed by atoms with Crippen molar-refractivity contribution >= 4 is 0 Å². The lowest BCUT2D eigenvalue weighted by Crippen LogP contribution is -2.27. The van der Waals surface area contributed by atoms with Crippen LogP contribution in [0.25, 0.3) is 0 Å². The number of methoxy groups -OCH3 is 1. The van der Waals surface area contributed by atoms with Crippen LogP contribution in [-0.2, 0) is 10.2 Å². The topological polar surface area (TPSA) is 30.5 Å². The number of nitrogens with one attached hydrogen (secondary N) is 1. The Morgan fingerprint density at radius 3 is 2.65 bits per heavy atom. The third kappa shape index (κ3) is 4.50. The van der Waals surface area contributed by atoms with Crippen LogP contribution in [0.15, 0.2) is 24.3 Å². The van der Waals surface area contributed by atoms with Gasteiger partial charge in [-0.1, -0.05) is 32.0 Å². The minimum Gasteiger partial charge on any atom is -0.491 e. The molecule has 0 aliphatic heterocycles. The Bertz CT molecular complexity index is 413. The molecule has 0 bridgehead atoms. The smallest absolute Gasteiger partial charge is 0.123 e. The molecular formula is C17H27NO2. The van der Waals surface area contributed by atoms with Gasteiger partial charge in [0.05, 0.1) is 6.61 Å². The molecule has 0 radical (unpaired) electrons. The minimum atomic E-state index is 0.117. The summed E-state index contributed by atoms with van der Waals surface area (Å²) in [6, 6.07) is 9.14. The largest absolute Gasteiger partial charge is 0.491 e. The molecule has 20 heavy (non-hydrogen) atoms. The molecule has 1 aliphatic rings. The summed E-state index contributed by atoms with van der Waals surface area (Å²) in [4.78, 5) is 0. The fraction of sp³-hybridized carbons (Fsp3) is 0.647. The molecule has 1 saturated carbocycles. The van der Waals surface area contributed by atoms with Gasteiger partial charge in [0.2, 0.25) is 0 Å². The fourth-order valence-electron chi connectivity index (χ4n) is 2.40. The van der Waals surface area contributed by atoms with Gasteiger partial charge < -0.3 is 14.8 Å². The molecule has 0 spiro atoms. The highest BCUT2D eigenvalue weighted by atomic mass is 16.5. The summed E-state index contributed by atoms with van der Waals surface area (Å²) >= 11 is 0. The van der Waals surface area contributed by atoms with Crippen LogP contribution in [0.1, 0.15) is 38.7 Å². The van der Waals surface area contributed by atoms with Crippen molar-refractivity contribution in [3.63, 3.8) is 0 Å². The van der Waals surface area contributed by atoms with Crippen molar-refractivity contribution < 1.29 is 9.47 Å². The molecule has 0 heterocycles. The Morgan fingerprint density at radius 2 is 1.95 bits per heavy atom. The summed E-state index contributed by atoms with van der Waals surface area (Å²) in [5.74, 6) is 0.987. The average Bonchev–Trinajstić information content (AvgIpc) is 3.23. The predicted molar refractivity (Wildman–Crippen MR) is 82.5 cm³/mol. The lowest BCUT2D eigenvalue weighted by molar-refractivity contribution is 0.145. The maximum Gasteiger partial charge on any atom is 0.123 e. The second kappa shape index (κ2) is 7.09. The van der Waals surface area contributed by atoms with Gasteiger partial charge in [-0.2, -0.15) is 0 Å². The molecule has 1 aromatic rings. The first-order valence-corrected chi connectivity index (χ1v) is 7.58.